The highest BCUT2D eigenvalue weighted by Gasteiger charge is 2.46. The zero-order chi connectivity index (χ0) is 21.8. The highest BCUT2D eigenvalue weighted by Crippen LogP contribution is 2.50. The van der Waals surface area contributed by atoms with Crippen LogP contribution in [0.5, 0.6) is 5.75 Å². The number of nitrogens with zero attached hydrogens (tertiary/aromatic N) is 1. The molecule has 3 aromatic carbocycles. The molecular formula is C22H19F4N3O. The number of hydrogen-bond acceptors (Lipinski definition) is 4. The van der Waals surface area contributed by atoms with Crippen molar-refractivity contribution < 1.29 is 22.3 Å². The number of nitrogens with two attached hydrogens (primary N) is 1. The second kappa shape index (κ2) is 7.00. The van der Waals surface area contributed by atoms with E-state index in [4.69, 9.17) is 5.84 Å². The minimum absolute atomic E-state index is 0.0280. The molecule has 4 rings (SSSR count). The lowest BCUT2D eigenvalue weighted by molar-refractivity contribution is -0.190. The van der Waals surface area contributed by atoms with Gasteiger partial charge in [-0.2, -0.15) is 14.3 Å². The van der Waals surface area contributed by atoms with Crippen LogP contribution >= 0.6 is 0 Å². The maximum Gasteiger partial charge on any atom is 0.430 e. The monoisotopic (exact) mass is 417 g/mol. The van der Waals surface area contributed by atoms with E-state index in [1.165, 1.54) is 36.2 Å². The lowest BCUT2D eigenvalue weighted by Gasteiger charge is -2.29. The van der Waals surface area contributed by atoms with Gasteiger partial charge >= 0.3 is 6.11 Å². The van der Waals surface area contributed by atoms with E-state index in [9.17, 15) is 13.2 Å². The van der Waals surface area contributed by atoms with Crippen molar-refractivity contribution in [1.29, 1.82) is 0 Å². The maximum atomic E-state index is 15.4. The van der Waals surface area contributed by atoms with Crippen molar-refractivity contribution >= 4 is 5.69 Å². The van der Waals surface area contributed by atoms with Crippen molar-refractivity contribution in [2.24, 2.45) is 5.84 Å². The summed E-state index contributed by atoms with van der Waals surface area (Å²) in [4.78, 5) is 0. The number of benzene rings is 3. The average Bonchev–Trinajstić information content (AvgIpc) is 2.71. The summed E-state index contributed by atoms with van der Waals surface area (Å²) in [6.07, 6.45) is -4.03. The number of hydrogen-bond donors (Lipinski definition) is 2. The van der Waals surface area contributed by atoms with Crippen molar-refractivity contribution in [3.8, 4) is 28.0 Å². The molecule has 0 bridgehead atoms. The van der Waals surface area contributed by atoms with E-state index < -0.39 is 29.1 Å². The zero-order valence-electron chi connectivity index (χ0n) is 16.5. The summed E-state index contributed by atoms with van der Waals surface area (Å²) in [7, 11) is 1.67. The highest BCUT2D eigenvalue weighted by molar-refractivity contribution is 5.81. The van der Waals surface area contributed by atoms with E-state index >= 15 is 4.39 Å². The SMILES string of the molecule is Cc1ccc(-c2ccc3c(c2F)C(F)(F)Oc2c-3ccc(C)c2F)cc1N(C)NN. The third-order valence-electron chi connectivity index (χ3n) is 5.32. The van der Waals surface area contributed by atoms with Crippen molar-refractivity contribution in [1.82, 2.24) is 5.53 Å². The number of anilines is 1. The second-order valence-corrected chi connectivity index (χ2v) is 7.23. The first-order valence-corrected chi connectivity index (χ1v) is 9.16. The van der Waals surface area contributed by atoms with Crippen molar-refractivity contribution in [2.75, 3.05) is 12.1 Å². The number of rotatable bonds is 3. The third kappa shape index (κ3) is 3.00. The molecule has 1 heterocycles. The molecule has 156 valence electrons. The van der Waals surface area contributed by atoms with Gasteiger partial charge in [-0.05, 0) is 36.6 Å². The van der Waals surface area contributed by atoms with Gasteiger partial charge in [-0.25, -0.2) is 8.78 Å². The van der Waals surface area contributed by atoms with Crippen LogP contribution in [0.15, 0.2) is 42.5 Å². The predicted molar refractivity (Wildman–Crippen MR) is 107 cm³/mol. The van der Waals surface area contributed by atoms with E-state index in [0.29, 0.717) is 11.3 Å². The van der Waals surface area contributed by atoms with Gasteiger partial charge in [0.1, 0.15) is 11.4 Å². The van der Waals surface area contributed by atoms with E-state index in [1.54, 1.807) is 25.2 Å². The van der Waals surface area contributed by atoms with Gasteiger partial charge in [0.15, 0.2) is 11.6 Å². The van der Waals surface area contributed by atoms with Gasteiger partial charge in [0.25, 0.3) is 0 Å². The van der Waals surface area contributed by atoms with E-state index in [0.717, 1.165) is 5.56 Å². The fourth-order valence-corrected chi connectivity index (χ4v) is 3.66. The molecule has 0 aliphatic carbocycles. The fraction of sp³-hybridized carbons (Fsp3) is 0.182. The molecule has 1 aliphatic heterocycles. The zero-order valence-corrected chi connectivity index (χ0v) is 16.5. The summed E-state index contributed by atoms with van der Waals surface area (Å²) in [5.41, 5.74) is 3.55. The molecule has 0 saturated heterocycles. The van der Waals surface area contributed by atoms with Crippen LogP contribution in [0.1, 0.15) is 16.7 Å². The molecular weight excluding hydrogens is 398 g/mol. The molecule has 0 fully saturated rings. The van der Waals surface area contributed by atoms with Crippen LogP contribution in [0, 0.1) is 25.5 Å². The third-order valence-corrected chi connectivity index (χ3v) is 5.32. The van der Waals surface area contributed by atoms with Crippen molar-refractivity contribution in [3.63, 3.8) is 0 Å². The summed E-state index contributed by atoms with van der Waals surface area (Å²) < 4.78 is 64.1. The van der Waals surface area contributed by atoms with Gasteiger partial charge in [0.2, 0.25) is 0 Å². The van der Waals surface area contributed by atoms with Crippen molar-refractivity contribution in [2.45, 2.75) is 20.0 Å². The molecule has 3 aromatic rings. The van der Waals surface area contributed by atoms with Crippen LogP contribution in [-0.4, -0.2) is 7.05 Å². The van der Waals surface area contributed by atoms with E-state index in [2.05, 4.69) is 10.3 Å². The Kier molecular flexibility index (Phi) is 4.71. The Morgan fingerprint density at radius 3 is 2.23 bits per heavy atom. The van der Waals surface area contributed by atoms with Gasteiger partial charge in [-0.15, -0.1) is 0 Å². The Balaban J connectivity index is 1.94. The first kappa shape index (κ1) is 20.2. The summed E-state index contributed by atoms with van der Waals surface area (Å²) in [5, 5.41) is 1.52. The molecule has 3 N–H and O–H groups in total. The largest absolute Gasteiger partial charge is 0.430 e. The van der Waals surface area contributed by atoms with E-state index in [1.807, 2.05) is 6.92 Å². The minimum atomic E-state index is -4.03. The van der Waals surface area contributed by atoms with Gasteiger partial charge < -0.3 is 4.74 Å². The van der Waals surface area contributed by atoms with Crippen LogP contribution in [0.25, 0.3) is 22.3 Å². The van der Waals surface area contributed by atoms with Gasteiger partial charge in [-0.3, -0.25) is 10.9 Å². The van der Waals surface area contributed by atoms with Crippen molar-refractivity contribution in [3.05, 3.63) is 70.8 Å². The lowest BCUT2D eigenvalue weighted by atomic mass is 9.90. The average molecular weight is 417 g/mol. The Morgan fingerprint density at radius 1 is 0.900 bits per heavy atom. The Morgan fingerprint density at radius 2 is 1.53 bits per heavy atom. The smallest absolute Gasteiger partial charge is 0.425 e. The molecule has 30 heavy (non-hydrogen) atoms. The quantitative estimate of drug-likeness (QED) is 0.351. The number of fused-ring (bicyclic) bond motifs is 3. The molecule has 0 amide bonds. The normalized spacial score (nSPS) is 14.0. The Labute approximate surface area is 170 Å². The number of nitrogens with one attached hydrogen (secondary N) is 1. The predicted octanol–water partition coefficient (Wildman–Crippen LogP) is 5.17. The van der Waals surface area contributed by atoms with Crippen LogP contribution < -0.4 is 21.1 Å². The number of alkyl halides is 2. The van der Waals surface area contributed by atoms with Crippen LogP contribution in [-0.2, 0) is 6.11 Å². The second-order valence-electron chi connectivity index (χ2n) is 7.23. The molecule has 8 heteroatoms. The first-order valence-electron chi connectivity index (χ1n) is 9.16. The summed E-state index contributed by atoms with van der Waals surface area (Å²) in [5.74, 6) is 2.86. The lowest BCUT2D eigenvalue weighted by Crippen LogP contribution is -2.40. The van der Waals surface area contributed by atoms with Crippen LogP contribution in [0.3, 0.4) is 0 Å². The van der Waals surface area contributed by atoms with Gasteiger partial charge in [-0.1, -0.05) is 36.4 Å². The molecule has 0 aromatic heterocycles. The van der Waals surface area contributed by atoms with Gasteiger partial charge in [0.05, 0.1) is 5.69 Å². The molecule has 0 unspecified atom stereocenters. The molecule has 0 saturated carbocycles. The number of ether oxygens (including phenoxy) is 1. The molecule has 0 atom stereocenters. The summed E-state index contributed by atoms with van der Waals surface area (Å²) >= 11 is 0. The van der Waals surface area contributed by atoms with Gasteiger partial charge in [0, 0.05) is 23.7 Å². The standard InChI is InChI=1S/C22H19F4N3O/c1-11-4-6-13(10-17(11)29(3)28-27)14-8-9-15-16-7-5-12(2)19(23)21(16)30-22(25,26)18(15)20(14)24/h4-10,28H,27H2,1-3H3. The van der Waals surface area contributed by atoms with E-state index in [-0.39, 0.29) is 22.3 Å². The Hall–Kier alpha value is -3.10. The molecule has 0 spiro atoms. The molecule has 4 nitrogen and oxygen atoms in total. The minimum Gasteiger partial charge on any atom is -0.425 e. The number of hydrazine groups is 2. The van der Waals surface area contributed by atoms with Crippen LogP contribution in [0.2, 0.25) is 0 Å². The molecule has 1 aliphatic rings. The highest BCUT2D eigenvalue weighted by atomic mass is 19.3. The van der Waals surface area contributed by atoms with Crippen LogP contribution in [0.4, 0.5) is 23.2 Å². The Bertz CT molecular complexity index is 1160. The topological polar surface area (TPSA) is 50.5 Å². The summed E-state index contributed by atoms with van der Waals surface area (Å²) in [6.45, 7) is 3.28. The fourth-order valence-electron chi connectivity index (χ4n) is 3.66. The first-order chi connectivity index (χ1) is 14.2. The number of aryl methyl sites for hydroxylation is 2. The summed E-state index contributed by atoms with van der Waals surface area (Å²) in [6, 6.07) is 10.7. The molecule has 0 radical (unpaired) electrons. The maximum absolute atomic E-state index is 15.4. The number of halogens is 4.